The summed E-state index contributed by atoms with van der Waals surface area (Å²) >= 11 is 7.68. The van der Waals surface area contributed by atoms with Gasteiger partial charge in [0, 0.05) is 22.3 Å². The fourth-order valence-corrected chi connectivity index (χ4v) is 2.89. The summed E-state index contributed by atoms with van der Waals surface area (Å²) in [6.45, 7) is 0. The van der Waals surface area contributed by atoms with Crippen LogP contribution in [0, 0.1) is 0 Å². The fourth-order valence-electron chi connectivity index (χ4n) is 1.95. The zero-order chi connectivity index (χ0) is 13.7. The van der Waals surface area contributed by atoms with Gasteiger partial charge < -0.3 is 0 Å². The highest BCUT2D eigenvalue weighted by molar-refractivity contribution is 7.98. The molecule has 0 aliphatic carbocycles. The van der Waals surface area contributed by atoms with Crippen LogP contribution in [-0.2, 0) is 0 Å². The molecule has 2 aromatic rings. The molecule has 1 unspecified atom stereocenters. The molecular formula is C16H15ClOS. The SMILES string of the molecule is CSC(CC(=O)c1ccccc1)c1cccc(Cl)c1. The maximum absolute atomic E-state index is 12.2. The quantitative estimate of drug-likeness (QED) is 0.720. The van der Waals surface area contributed by atoms with Gasteiger partial charge in [0.25, 0.3) is 0 Å². The third kappa shape index (κ3) is 3.85. The number of ketones is 1. The number of carbonyl (C=O) groups excluding carboxylic acids is 1. The van der Waals surface area contributed by atoms with Crippen molar-refractivity contribution in [3.63, 3.8) is 0 Å². The largest absolute Gasteiger partial charge is 0.294 e. The normalized spacial score (nSPS) is 12.1. The molecule has 3 heteroatoms. The maximum Gasteiger partial charge on any atom is 0.164 e. The van der Waals surface area contributed by atoms with Crippen LogP contribution in [0.15, 0.2) is 54.6 Å². The zero-order valence-electron chi connectivity index (χ0n) is 10.7. The van der Waals surface area contributed by atoms with Crippen LogP contribution in [0.3, 0.4) is 0 Å². The van der Waals surface area contributed by atoms with E-state index in [-0.39, 0.29) is 11.0 Å². The lowest BCUT2D eigenvalue weighted by atomic mass is 10.0. The topological polar surface area (TPSA) is 17.1 Å². The van der Waals surface area contributed by atoms with E-state index >= 15 is 0 Å². The summed E-state index contributed by atoms with van der Waals surface area (Å²) in [6.07, 6.45) is 2.51. The lowest BCUT2D eigenvalue weighted by Crippen LogP contribution is -2.05. The van der Waals surface area contributed by atoms with Crippen molar-refractivity contribution < 1.29 is 4.79 Å². The third-order valence-electron chi connectivity index (χ3n) is 2.97. The zero-order valence-corrected chi connectivity index (χ0v) is 12.2. The Balaban J connectivity index is 2.14. The predicted octanol–water partition coefficient (Wildman–Crippen LogP) is 5.02. The number of rotatable bonds is 5. The van der Waals surface area contributed by atoms with Crippen LogP contribution >= 0.6 is 23.4 Å². The Kier molecular flexibility index (Phi) is 5.06. The Hall–Kier alpha value is -1.25. The molecule has 0 saturated heterocycles. The average Bonchev–Trinajstić information content (AvgIpc) is 2.45. The monoisotopic (exact) mass is 290 g/mol. The van der Waals surface area contributed by atoms with Gasteiger partial charge in [0.05, 0.1) is 0 Å². The van der Waals surface area contributed by atoms with Crippen molar-refractivity contribution in [2.24, 2.45) is 0 Å². The van der Waals surface area contributed by atoms with E-state index in [0.29, 0.717) is 11.4 Å². The van der Waals surface area contributed by atoms with Gasteiger partial charge in [-0.1, -0.05) is 54.1 Å². The van der Waals surface area contributed by atoms with Crippen LogP contribution < -0.4 is 0 Å². The molecule has 0 aromatic heterocycles. The van der Waals surface area contributed by atoms with Gasteiger partial charge in [-0.25, -0.2) is 0 Å². The fraction of sp³-hybridized carbons (Fsp3) is 0.188. The molecule has 2 aromatic carbocycles. The summed E-state index contributed by atoms with van der Waals surface area (Å²) < 4.78 is 0. The number of hydrogen-bond acceptors (Lipinski definition) is 2. The van der Waals surface area contributed by atoms with Crippen molar-refractivity contribution in [2.75, 3.05) is 6.26 Å². The molecule has 0 N–H and O–H groups in total. The standard InChI is InChI=1S/C16H15ClOS/c1-19-16(13-8-5-9-14(17)10-13)11-15(18)12-6-3-2-4-7-12/h2-10,16H,11H2,1H3. The van der Waals surface area contributed by atoms with E-state index in [0.717, 1.165) is 11.1 Å². The maximum atomic E-state index is 12.2. The van der Waals surface area contributed by atoms with Gasteiger partial charge in [0.1, 0.15) is 0 Å². The number of Topliss-reactive ketones (excluding diaryl/α,β-unsaturated/α-hetero) is 1. The van der Waals surface area contributed by atoms with Crippen molar-refractivity contribution in [1.82, 2.24) is 0 Å². The van der Waals surface area contributed by atoms with Gasteiger partial charge in [-0.05, 0) is 24.0 Å². The number of benzene rings is 2. The molecule has 1 atom stereocenters. The van der Waals surface area contributed by atoms with E-state index in [2.05, 4.69) is 0 Å². The van der Waals surface area contributed by atoms with Gasteiger partial charge in [0.15, 0.2) is 5.78 Å². The van der Waals surface area contributed by atoms with Crippen molar-refractivity contribution in [2.45, 2.75) is 11.7 Å². The summed E-state index contributed by atoms with van der Waals surface area (Å²) in [5, 5.41) is 0.857. The molecule has 0 amide bonds. The van der Waals surface area contributed by atoms with Crippen LogP contribution in [0.2, 0.25) is 5.02 Å². The molecule has 0 heterocycles. The Labute approximate surface area is 123 Å². The number of thioether (sulfide) groups is 1. The van der Waals surface area contributed by atoms with Crippen molar-refractivity contribution in [3.05, 3.63) is 70.7 Å². The Morgan fingerprint density at radius 1 is 1.16 bits per heavy atom. The average molecular weight is 291 g/mol. The lowest BCUT2D eigenvalue weighted by Gasteiger charge is -2.14. The molecule has 0 spiro atoms. The Morgan fingerprint density at radius 2 is 1.89 bits per heavy atom. The second-order valence-corrected chi connectivity index (χ2v) is 5.75. The van der Waals surface area contributed by atoms with Gasteiger partial charge in [-0.3, -0.25) is 4.79 Å². The van der Waals surface area contributed by atoms with E-state index < -0.39 is 0 Å². The van der Waals surface area contributed by atoms with E-state index in [4.69, 9.17) is 11.6 Å². The summed E-state index contributed by atoms with van der Waals surface area (Å²) in [5.41, 5.74) is 1.87. The first-order chi connectivity index (χ1) is 9.20. The Bertz CT molecular complexity index is 554. The Morgan fingerprint density at radius 3 is 2.53 bits per heavy atom. The van der Waals surface area contributed by atoms with Gasteiger partial charge in [-0.2, -0.15) is 11.8 Å². The van der Waals surface area contributed by atoms with E-state index in [1.165, 1.54) is 0 Å². The van der Waals surface area contributed by atoms with Gasteiger partial charge in [-0.15, -0.1) is 0 Å². The van der Waals surface area contributed by atoms with Crippen molar-refractivity contribution in [3.8, 4) is 0 Å². The minimum Gasteiger partial charge on any atom is -0.294 e. The molecular weight excluding hydrogens is 276 g/mol. The highest BCUT2D eigenvalue weighted by Gasteiger charge is 2.16. The second kappa shape index (κ2) is 6.78. The first kappa shape index (κ1) is 14.2. The molecule has 1 nitrogen and oxygen atoms in total. The molecule has 0 saturated carbocycles. The smallest absolute Gasteiger partial charge is 0.164 e. The molecule has 0 radical (unpaired) electrons. The summed E-state index contributed by atoms with van der Waals surface area (Å²) in [7, 11) is 0. The summed E-state index contributed by atoms with van der Waals surface area (Å²) in [5.74, 6) is 0.167. The van der Waals surface area contributed by atoms with E-state index in [9.17, 15) is 4.79 Å². The molecule has 0 fully saturated rings. The van der Waals surface area contributed by atoms with Crippen LogP contribution in [0.1, 0.15) is 27.6 Å². The number of halogens is 1. The molecule has 0 aliphatic heterocycles. The van der Waals surface area contributed by atoms with Crippen LogP contribution in [0.25, 0.3) is 0 Å². The van der Waals surface area contributed by atoms with Crippen molar-refractivity contribution in [1.29, 1.82) is 0 Å². The van der Waals surface area contributed by atoms with Gasteiger partial charge in [0.2, 0.25) is 0 Å². The first-order valence-corrected chi connectivity index (χ1v) is 7.74. The number of hydrogen-bond donors (Lipinski definition) is 0. The molecule has 0 aliphatic rings. The van der Waals surface area contributed by atoms with Crippen LogP contribution in [0.5, 0.6) is 0 Å². The summed E-state index contributed by atoms with van der Waals surface area (Å²) in [4.78, 5) is 12.2. The third-order valence-corrected chi connectivity index (χ3v) is 4.21. The van der Waals surface area contributed by atoms with Crippen LogP contribution in [-0.4, -0.2) is 12.0 Å². The van der Waals surface area contributed by atoms with Crippen molar-refractivity contribution >= 4 is 29.1 Å². The first-order valence-electron chi connectivity index (χ1n) is 6.07. The molecule has 0 bridgehead atoms. The predicted molar refractivity (Wildman–Crippen MR) is 83.1 cm³/mol. The highest BCUT2D eigenvalue weighted by Crippen LogP contribution is 2.32. The van der Waals surface area contributed by atoms with Gasteiger partial charge >= 0.3 is 0 Å². The molecule has 98 valence electrons. The molecule has 19 heavy (non-hydrogen) atoms. The highest BCUT2D eigenvalue weighted by atomic mass is 35.5. The molecule has 2 rings (SSSR count). The lowest BCUT2D eigenvalue weighted by molar-refractivity contribution is 0.0982. The van der Waals surface area contributed by atoms with Crippen LogP contribution in [0.4, 0.5) is 0 Å². The summed E-state index contributed by atoms with van der Waals surface area (Å²) in [6, 6.07) is 17.1. The second-order valence-electron chi connectivity index (χ2n) is 4.27. The minimum atomic E-state index is 0.145. The minimum absolute atomic E-state index is 0.145. The van der Waals surface area contributed by atoms with E-state index in [1.807, 2.05) is 60.9 Å². The number of carbonyl (C=O) groups is 1. The van der Waals surface area contributed by atoms with E-state index in [1.54, 1.807) is 11.8 Å².